The molecule has 1 aromatic carbocycles. The number of carbonyl (C=O) groups is 2. The molecule has 4 N–H and O–H groups in total. The van der Waals surface area contributed by atoms with E-state index in [2.05, 4.69) is 0 Å². The number of carboxylic acid groups (broad SMARTS) is 2. The number of aliphatic carboxylic acids is 2. The third-order valence-corrected chi connectivity index (χ3v) is 1.92. The van der Waals surface area contributed by atoms with Crippen LogP contribution in [0.4, 0.5) is 0 Å². The van der Waals surface area contributed by atoms with E-state index in [1.165, 1.54) is 12.1 Å². The number of ether oxygens (including phenoxy) is 2. The van der Waals surface area contributed by atoms with Crippen LogP contribution < -0.4 is 9.47 Å². The Morgan fingerprint density at radius 2 is 1.38 bits per heavy atom. The quantitative estimate of drug-likeness (QED) is 0.657. The van der Waals surface area contributed by atoms with Gasteiger partial charge in [0.2, 0.25) is 0 Å². The normalized spacial score (nSPS) is 15.0. The maximum atomic E-state index is 10.8. The van der Waals surface area contributed by atoms with Gasteiger partial charge in [0, 0.05) is 0 Å². The highest BCUT2D eigenvalue weighted by Gasteiger charge is 2.57. The van der Waals surface area contributed by atoms with Crippen molar-refractivity contribution in [2.45, 2.75) is 5.79 Å². The second kappa shape index (κ2) is 3.70. The third-order valence-electron chi connectivity index (χ3n) is 1.92. The molecule has 1 heterocycles. The Balaban J connectivity index is 0.00000128. The third kappa shape index (κ3) is 1.43. The average molecular weight is 228 g/mol. The van der Waals surface area contributed by atoms with Gasteiger partial charge in [0.1, 0.15) is 0 Å². The van der Waals surface area contributed by atoms with Crippen LogP contribution in [0.15, 0.2) is 24.3 Å². The lowest BCUT2D eigenvalue weighted by Crippen LogP contribution is -2.54. The molecule has 1 aromatic rings. The minimum atomic E-state index is -2.66. The van der Waals surface area contributed by atoms with Crippen molar-refractivity contribution in [3.8, 4) is 11.5 Å². The molecule has 0 amide bonds. The zero-order chi connectivity index (χ0) is 11.1. The van der Waals surface area contributed by atoms with Gasteiger partial charge in [-0.25, -0.2) is 9.59 Å². The molecule has 0 saturated carbocycles. The summed E-state index contributed by atoms with van der Waals surface area (Å²) in [5.41, 5.74) is 0. The Hall–Kier alpha value is -2.28. The number of para-hydroxylation sites is 2. The van der Waals surface area contributed by atoms with E-state index < -0.39 is 17.7 Å². The highest BCUT2D eigenvalue weighted by molar-refractivity contribution is 6.01. The van der Waals surface area contributed by atoms with Crippen molar-refractivity contribution in [1.82, 2.24) is 0 Å². The first-order chi connectivity index (χ1) is 7.06. The molecule has 86 valence electrons. The van der Waals surface area contributed by atoms with E-state index in [1.807, 2.05) is 0 Å². The number of hydrogen-bond acceptors (Lipinski definition) is 4. The molecule has 0 fully saturated rings. The number of hydrogen-bond donors (Lipinski definition) is 2. The molecule has 0 radical (unpaired) electrons. The van der Waals surface area contributed by atoms with Gasteiger partial charge in [-0.05, 0) is 12.1 Å². The Bertz CT molecular complexity index is 398. The molecular weight excluding hydrogens is 220 g/mol. The molecule has 0 aliphatic carbocycles. The van der Waals surface area contributed by atoms with Crippen molar-refractivity contribution in [3.63, 3.8) is 0 Å². The first kappa shape index (κ1) is 11.8. The highest BCUT2D eigenvalue weighted by atomic mass is 16.8. The summed E-state index contributed by atoms with van der Waals surface area (Å²) < 4.78 is 9.59. The van der Waals surface area contributed by atoms with Crippen molar-refractivity contribution in [3.05, 3.63) is 24.3 Å². The van der Waals surface area contributed by atoms with Crippen LogP contribution in [0, 0.1) is 0 Å². The monoisotopic (exact) mass is 228 g/mol. The lowest BCUT2D eigenvalue weighted by Gasteiger charge is -2.16. The van der Waals surface area contributed by atoms with Gasteiger partial charge < -0.3 is 25.2 Å². The predicted molar refractivity (Wildman–Crippen MR) is 49.3 cm³/mol. The molecule has 0 saturated heterocycles. The summed E-state index contributed by atoms with van der Waals surface area (Å²) in [6.07, 6.45) is 0. The van der Waals surface area contributed by atoms with Crippen LogP contribution in [0.2, 0.25) is 0 Å². The smallest absolute Gasteiger partial charge is 0.453 e. The van der Waals surface area contributed by atoms with Crippen molar-refractivity contribution in [1.29, 1.82) is 0 Å². The van der Waals surface area contributed by atoms with Crippen molar-refractivity contribution in [2.75, 3.05) is 0 Å². The minimum absolute atomic E-state index is 0. The van der Waals surface area contributed by atoms with Gasteiger partial charge in [0.15, 0.2) is 11.5 Å². The van der Waals surface area contributed by atoms with E-state index in [1.54, 1.807) is 12.1 Å². The topological polar surface area (TPSA) is 125 Å². The van der Waals surface area contributed by atoms with Crippen molar-refractivity contribution in [2.24, 2.45) is 0 Å². The number of rotatable bonds is 2. The Morgan fingerprint density at radius 1 is 1.00 bits per heavy atom. The summed E-state index contributed by atoms with van der Waals surface area (Å²) in [6.45, 7) is 0. The van der Waals surface area contributed by atoms with Gasteiger partial charge in [-0.15, -0.1) is 0 Å². The summed E-state index contributed by atoms with van der Waals surface area (Å²) in [7, 11) is 0. The molecule has 7 heteroatoms. The Kier molecular flexibility index (Phi) is 2.73. The maximum absolute atomic E-state index is 10.8. The van der Waals surface area contributed by atoms with Crippen LogP contribution in [0.5, 0.6) is 11.5 Å². The first-order valence-electron chi connectivity index (χ1n) is 4.00. The summed E-state index contributed by atoms with van der Waals surface area (Å²) in [5, 5.41) is 17.6. The van der Waals surface area contributed by atoms with Gasteiger partial charge in [-0.3, -0.25) is 0 Å². The van der Waals surface area contributed by atoms with Crippen LogP contribution in [0.25, 0.3) is 0 Å². The maximum Gasteiger partial charge on any atom is 0.453 e. The van der Waals surface area contributed by atoms with Crippen molar-refractivity contribution < 1.29 is 34.8 Å². The number of benzene rings is 1. The lowest BCUT2D eigenvalue weighted by atomic mass is 10.3. The van der Waals surface area contributed by atoms with Crippen LogP contribution in [-0.4, -0.2) is 33.4 Å². The van der Waals surface area contributed by atoms with E-state index >= 15 is 0 Å². The molecule has 0 spiro atoms. The van der Waals surface area contributed by atoms with Crippen LogP contribution in [0.1, 0.15) is 0 Å². The molecule has 7 nitrogen and oxygen atoms in total. The lowest BCUT2D eigenvalue weighted by molar-refractivity contribution is -0.194. The SMILES string of the molecule is O.O=C(O)C1(C(=O)O)Oc2ccccc2O1. The largest absolute Gasteiger partial charge is 0.475 e. The molecular formula is C9H8O7. The fourth-order valence-electron chi connectivity index (χ4n) is 1.22. The summed E-state index contributed by atoms with van der Waals surface area (Å²) >= 11 is 0. The van der Waals surface area contributed by atoms with E-state index in [-0.39, 0.29) is 17.0 Å². The Morgan fingerprint density at radius 3 is 1.69 bits per heavy atom. The van der Waals surface area contributed by atoms with Gasteiger partial charge in [0.05, 0.1) is 0 Å². The van der Waals surface area contributed by atoms with Gasteiger partial charge >= 0.3 is 17.7 Å². The standard InChI is InChI=1S/C9H6O6.H2O/c10-7(11)9(8(12)13)14-5-3-1-2-4-6(5)15-9;/h1-4H,(H,10,11)(H,12,13);1H2. The van der Waals surface area contributed by atoms with Crippen LogP contribution >= 0.6 is 0 Å². The molecule has 0 bridgehead atoms. The van der Waals surface area contributed by atoms with Crippen molar-refractivity contribution >= 4 is 11.9 Å². The summed E-state index contributed by atoms with van der Waals surface area (Å²) in [4.78, 5) is 21.6. The fraction of sp³-hybridized carbons (Fsp3) is 0.111. The van der Waals surface area contributed by atoms with Crippen LogP contribution in [-0.2, 0) is 9.59 Å². The van der Waals surface area contributed by atoms with E-state index in [4.69, 9.17) is 19.7 Å². The number of carboxylic acids is 2. The number of fused-ring (bicyclic) bond motifs is 1. The highest BCUT2D eigenvalue weighted by Crippen LogP contribution is 2.39. The summed E-state index contributed by atoms with van der Waals surface area (Å²) in [5.74, 6) is -5.87. The molecule has 16 heavy (non-hydrogen) atoms. The van der Waals surface area contributed by atoms with E-state index in [0.29, 0.717) is 0 Å². The predicted octanol–water partition coefficient (Wildman–Crippen LogP) is -0.501. The average Bonchev–Trinajstić information content (AvgIpc) is 2.57. The molecule has 1 aliphatic heterocycles. The van der Waals surface area contributed by atoms with Gasteiger partial charge in [-0.2, -0.15) is 0 Å². The first-order valence-corrected chi connectivity index (χ1v) is 4.00. The molecule has 0 atom stereocenters. The van der Waals surface area contributed by atoms with Gasteiger partial charge in [-0.1, -0.05) is 12.1 Å². The second-order valence-corrected chi connectivity index (χ2v) is 2.88. The molecule has 0 aromatic heterocycles. The Labute approximate surface area is 89.1 Å². The minimum Gasteiger partial charge on any atom is -0.475 e. The van der Waals surface area contributed by atoms with Crippen LogP contribution in [0.3, 0.4) is 0 Å². The summed E-state index contributed by atoms with van der Waals surface area (Å²) in [6, 6.07) is 6.04. The van der Waals surface area contributed by atoms with E-state index in [9.17, 15) is 9.59 Å². The zero-order valence-corrected chi connectivity index (χ0v) is 7.84. The second-order valence-electron chi connectivity index (χ2n) is 2.88. The molecule has 0 unspecified atom stereocenters. The fourth-order valence-corrected chi connectivity index (χ4v) is 1.22. The van der Waals surface area contributed by atoms with Gasteiger partial charge in [0.25, 0.3) is 0 Å². The zero-order valence-electron chi connectivity index (χ0n) is 7.84. The molecule has 2 rings (SSSR count). The van der Waals surface area contributed by atoms with E-state index in [0.717, 1.165) is 0 Å². The molecule has 1 aliphatic rings.